The van der Waals surface area contributed by atoms with Crippen LogP contribution in [0.3, 0.4) is 0 Å². The summed E-state index contributed by atoms with van der Waals surface area (Å²) >= 11 is 3.06. The third-order valence-electron chi connectivity index (χ3n) is 8.97. The largest absolute Gasteiger partial charge is 1.00 e. The van der Waals surface area contributed by atoms with Crippen LogP contribution in [0.5, 0.6) is 11.5 Å². The molecule has 2 saturated heterocycles. The quantitative estimate of drug-likeness (QED) is 0.0664. The van der Waals surface area contributed by atoms with Crippen molar-refractivity contribution in [2.45, 2.75) is 13.8 Å². The second-order valence-electron chi connectivity index (χ2n) is 12.7. The molecule has 318 valence electrons. The minimum Gasteiger partial charge on any atom is -1.00 e. The van der Waals surface area contributed by atoms with E-state index in [-0.39, 0.29) is 169 Å². The molecule has 0 bridgehead atoms. The molecular weight excluding hydrogens is 1100 g/mol. The van der Waals surface area contributed by atoms with Gasteiger partial charge in [0.05, 0.1) is 40.7 Å². The standard InChI is InChI=1S/C19H22N4O4.C12H17N3O.C7H6BrNO3.CH2O3.2Cs.H/c1-14(24)21-8-10-22(11-9-21)16-5-3-4-15(12-16)20-18-7-6-17(27-2)13-19(18)23(25)26;1-10(16)14-5-7-15(8-6-14)12-4-2-3-11(13)9-12;1-12-5-2-3-6(8)7(4-5)9(10)11;2-1-4-3;;;/h3-7,12-13,20H,8-11H2,1-2H3;2-4,9H,5-8,13H2,1H3;2-4H,1H3;1,3H;;;/q;;;;2*+1;-1/p-1. The fourth-order valence-electron chi connectivity index (χ4n) is 5.87. The normalized spacial score (nSPS) is 12.7. The van der Waals surface area contributed by atoms with Crippen LogP contribution in [0.15, 0.2) is 89.4 Å². The molecule has 2 amide bonds. The van der Waals surface area contributed by atoms with Crippen LogP contribution in [0, 0.1) is 20.2 Å². The third kappa shape index (κ3) is 19.0. The van der Waals surface area contributed by atoms with Gasteiger partial charge < -0.3 is 51.7 Å². The number of nitrogens with two attached hydrogens (primary N) is 1. The maximum Gasteiger partial charge on any atom is 1.00 e. The SMILES string of the molecule is CC(=O)N1CCN(c2cccc(N)c2)CC1.COc1ccc(Br)c([N+](=O)[O-])c1.COc1ccc(Nc2cccc(N3CCN(C(C)=O)CC3)c2)c([N+](=O)[O-])c1.O=CO[O-].[Cs+].[Cs+].[H-]. The first kappa shape index (κ1) is 56.5. The average molecular weight is 1150 g/mol. The van der Waals surface area contributed by atoms with Gasteiger partial charge in [0.1, 0.15) is 17.2 Å². The van der Waals surface area contributed by atoms with E-state index in [9.17, 15) is 29.8 Å². The van der Waals surface area contributed by atoms with E-state index < -0.39 is 9.85 Å². The number of hydrogen-bond donors (Lipinski definition) is 2. The number of methoxy groups -OCH3 is 2. The van der Waals surface area contributed by atoms with Gasteiger partial charge in [-0.2, -0.15) is 0 Å². The summed E-state index contributed by atoms with van der Waals surface area (Å²) in [6.07, 6.45) is 0. The summed E-state index contributed by atoms with van der Waals surface area (Å²) in [4.78, 5) is 62.9. The van der Waals surface area contributed by atoms with Gasteiger partial charge in [-0.05, 0) is 76.6 Å². The zero-order chi connectivity index (χ0) is 43.5. The molecule has 22 heteroatoms. The Morgan fingerprint density at radius 1 is 0.721 bits per heavy atom. The molecule has 3 N–H and O–H groups in total. The number of amides is 2. The van der Waals surface area contributed by atoms with E-state index in [1.807, 2.05) is 52.3 Å². The predicted octanol–water partition coefficient (Wildman–Crippen LogP) is -1.13. The molecule has 19 nitrogen and oxygen atoms in total. The first-order valence-electron chi connectivity index (χ1n) is 18.0. The molecule has 2 heterocycles. The predicted molar refractivity (Wildman–Crippen MR) is 225 cm³/mol. The van der Waals surface area contributed by atoms with Gasteiger partial charge in [0.2, 0.25) is 11.8 Å². The van der Waals surface area contributed by atoms with Crippen LogP contribution in [0.1, 0.15) is 15.3 Å². The van der Waals surface area contributed by atoms with Gasteiger partial charge in [-0.1, -0.05) is 12.1 Å². The van der Waals surface area contributed by atoms with E-state index in [1.165, 1.54) is 26.4 Å². The molecule has 0 saturated carbocycles. The van der Waals surface area contributed by atoms with Gasteiger partial charge in [-0.25, -0.2) is 0 Å². The molecule has 6 rings (SSSR count). The number of hydrogen-bond acceptors (Lipinski definition) is 15. The maximum atomic E-state index is 11.5. The molecule has 0 spiro atoms. The second-order valence-corrected chi connectivity index (χ2v) is 13.5. The van der Waals surface area contributed by atoms with Crippen LogP contribution in [0.25, 0.3) is 0 Å². The Labute approximate surface area is 481 Å². The van der Waals surface area contributed by atoms with Crippen LogP contribution >= 0.6 is 15.9 Å². The van der Waals surface area contributed by atoms with Crippen molar-refractivity contribution in [3.05, 3.63) is 110 Å². The van der Waals surface area contributed by atoms with Crippen LogP contribution < -0.4 is 173 Å². The Bertz CT molecular complexity index is 2060. The Morgan fingerprint density at radius 3 is 1.59 bits per heavy atom. The van der Waals surface area contributed by atoms with Gasteiger partial charge in [-0.15, -0.1) is 0 Å². The number of nitrogens with one attached hydrogen (secondary N) is 1. The maximum absolute atomic E-state index is 11.5. The number of rotatable bonds is 9. The first-order valence-corrected chi connectivity index (χ1v) is 18.8. The number of halogens is 1. The van der Waals surface area contributed by atoms with E-state index in [4.69, 9.17) is 25.3 Å². The summed E-state index contributed by atoms with van der Waals surface area (Å²) in [5.41, 5.74) is 9.81. The number of piperazine rings is 2. The molecule has 2 aliphatic heterocycles. The van der Waals surface area contributed by atoms with Gasteiger partial charge >= 0.3 is 138 Å². The fraction of sp³-hybridized carbons (Fsp3) is 0.308. The molecule has 0 unspecified atom stereocenters. The summed E-state index contributed by atoms with van der Waals surface area (Å²) in [5, 5.41) is 33.3. The van der Waals surface area contributed by atoms with Crippen molar-refractivity contribution in [3.63, 3.8) is 0 Å². The van der Waals surface area contributed by atoms with Crippen LogP contribution in [-0.2, 0) is 19.3 Å². The average Bonchev–Trinajstić information content (AvgIpc) is 3.24. The Hall–Kier alpha value is -2.57. The number of benzene rings is 4. The van der Waals surface area contributed by atoms with Crippen molar-refractivity contribution >= 4 is 74.0 Å². The monoisotopic (exact) mass is 1150 g/mol. The summed E-state index contributed by atoms with van der Waals surface area (Å²) in [6, 6.07) is 24.9. The minimum atomic E-state index is -0.466. The summed E-state index contributed by atoms with van der Waals surface area (Å²) in [6.45, 7) is 9.27. The van der Waals surface area contributed by atoms with Gasteiger partial charge in [0, 0.05) is 89.0 Å². The number of carbonyl (C=O) groups excluding carboxylic acids is 3. The Morgan fingerprint density at radius 2 is 1.16 bits per heavy atom. The number of nitro groups is 2. The molecule has 2 fully saturated rings. The molecule has 0 atom stereocenters. The molecule has 0 aromatic heterocycles. The molecule has 0 aliphatic carbocycles. The van der Waals surface area contributed by atoms with Gasteiger partial charge in [0.15, 0.2) is 0 Å². The number of anilines is 5. The number of ether oxygens (including phenoxy) is 2. The Kier molecular flexibility index (Phi) is 27.5. The Balaban J connectivity index is 0.000000909. The number of nitrogens with zero attached hydrogens (tertiary/aromatic N) is 6. The zero-order valence-electron chi connectivity index (χ0n) is 35.9. The van der Waals surface area contributed by atoms with Crippen LogP contribution in [0.4, 0.5) is 39.8 Å². The topological polar surface area (TPSA) is 239 Å². The number of nitrogen functional groups attached to an aromatic ring is 1. The molecule has 4 aromatic carbocycles. The number of nitro benzene ring substituents is 2. The van der Waals surface area contributed by atoms with Crippen LogP contribution in [0.2, 0.25) is 0 Å². The smallest absolute Gasteiger partial charge is 1.00 e. The molecular formula is C39H47BrCs2N8O11. The van der Waals surface area contributed by atoms with E-state index in [0.29, 0.717) is 34.7 Å². The first-order chi connectivity index (χ1) is 28.2. The summed E-state index contributed by atoms with van der Waals surface area (Å²) in [7, 11) is 2.94. The van der Waals surface area contributed by atoms with Crippen molar-refractivity contribution in [2.24, 2.45) is 0 Å². The summed E-state index contributed by atoms with van der Waals surface area (Å²) < 4.78 is 10.4. The number of carbonyl (C=O) groups is 3. The van der Waals surface area contributed by atoms with Gasteiger partial charge in [-0.3, -0.25) is 34.6 Å². The van der Waals surface area contributed by atoms with E-state index in [2.05, 4.69) is 42.0 Å². The van der Waals surface area contributed by atoms with Crippen molar-refractivity contribution in [3.8, 4) is 11.5 Å². The molecule has 61 heavy (non-hydrogen) atoms. The third-order valence-corrected chi connectivity index (χ3v) is 9.64. The molecule has 0 radical (unpaired) electrons. The van der Waals surface area contributed by atoms with Crippen molar-refractivity contribution in [1.29, 1.82) is 0 Å². The fourth-order valence-corrected chi connectivity index (χ4v) is 6.26. The van der Waals surface area contributed by atoms with E-state index in [1.54, 1.807) is 38.1 Å². The van der Waals surface area contributed by atoms with Crippen molar-refractivity contribution in [2.75, 3.05) is 87.4 Å². The van der Waals surface area contributed by atoms with Crippen molar-refractivity contribution in [1.82, 2.24) is 9.80 Å². The van der Waals surface area contributed by atoms with Gasteiger partial charge in [0.25, 0.3) is 17.8 Å². The van der Waals surface area contributed by atoms with E-state index in [0.717, 1.165) is 62.0 Å². The summed E-state index contributed by atoms with van der Waals surface area (Å²) in [5.74, 6) is 1.17. The minimum absolute atomic E-state index is 0. The molecule has 4 aromatic rings. The molecule has 2 aliphatic rings. The zero-order valence-corrected chi connectivity index (χ0v) is 49.1. The van der Waals surface area contributed by atoms with Crippen molar-refractivity contribution < 1.29 is 183 Å². The second kappa shape index (κ2) is 29.7. The van der Waals surface area contributed by atoms with Crippen LogP contribution in [-0.4, -0.2) is 105 Å². The van der Waals surface area contributed by atoms with E-state index >= 15 is 0 Å².